The molecule has 1 unspecified atom stereocenters. The van der Waals surface area contributed by atoms with Crippen LogP contribution in [0.3, 0.4) is 0 Å². The van der Waals surface area contributed by atoms with Crippen LogP contribution in [-0.2, 0) is 17.6 Å². The molecule has 0 saturated heterocycles. The number of rotatable bonds is 6. The van der Waals surface area contributed by atoms with Gasteiger partial charge in [0.2, 0.25) is 5.91 Å². The molecule has 2 N–H and O–H groups in total. The molecule has 1 amide bonds. The first kappa shape index (κ1) is 19.1. The molecule has 0 bridgehead atoms. The molecule has 1 atom stereocenters. The summed E-state index contributed by atoms with van der Waals surface area (Å²) in [6, 6.07) is 14.3. The molecule has 1 aliphatic rings. The number of anilines is 1. The molecule has 0 saturated carbocycles. The molecule has 0 aliphatic heterocycles. The van der Waals surface area contributed by atoms with Gasteiger partial charge in [0.15, 0.2) is 5.82 Å². The molecule has 4 rings (SSSR count). The lowest BCUT2D eigenvalue weighted by atomic mass is 9.89. The Kier molecular flexibility index (Phi) is 5.55. The van der Waals surface area contributed by atoms with Crippen molar-refractivity contribution in [1.29, 1.82) is 0 Å². The standard InChI is InChI=1S/C22H26N6O/c1-15(18-11-10-17-6-3-4-7-19(17)12-18)24-22(29)14-23-20-8-5-9-21(13-20)28-16(2)25-26-27-28/h5,8-13,15,23H,3-4,6-7,14H2,1-2H3,(H,24,29). The Hall–Kier alpha value is -3.22. The molecule has 1 aliphatic carbocycles. The zero-order valence-electron chi connectivity index (χ0n) is 16.9. The third-order valence-electron chi connectivity index (χ3n) is 5.42. The number of nitrogens with one attached hydrogen (secondary N) is 2. The van der Waals surface area contributed by atoms with Gasteiger partial charge in [-0.3, -0.25) is 4.79 Å². The summed E-state index contributed by atoms with van der Waals surface area (Å²) in [4.78, 5) is 12.4. The third kappa shape index (κ3) is 4.45. The molecular weight excluding hydrogens is 364 g/mol. The highest BCUT2D eigenvalue weighted by atomic mass is 16.1. The number of tetrazole rings is 1. The van der Waals surface area contributed by atoms with Gasteiger partial charge in [-0.15, -0.1) is 5.10 Å². The number of nitrogens with zero attached hydrogens (tertiary/aromatic N) is 4. The normalized spacial score (nSPS) is 14.1. The van der Waals surface area contributed by atoms with Crippen molar-refractivity contribution in [1.82, 2.24) is 25.5 Å². The number of amides is 1. The molecule has 1 aromatic heterocycles. The highest BCUT2D eigenvalue weighted by Gasteiger charge is 2.14. The van der Waals surface area contributed by atoms with Crippen molar-refractivity contribution in [3.05, 3.63) is 65.0 Å². The number of carbonyl (C=O) groups is 1. The van der Waals surface area contributed by atoms with Crippen LogP contribution < -0.4 is 10.6 Å². The van der Waals surface area contributed by atoms with Crippen LogP contribution in [-0.4, -0.2) is 32.7 Å². The Labute approximate surface area is 170 Å². The van der Waals surface area contributed by atoms with Crippen molar-refractivity contribution >= 4 is 11.6 Å². The predicted molar refractivity (Wildman–Crippen MR) is 112 cm³/mol. The van der Waals surface area contributed by atoms with Crippen LogP contribution >= 0.6 is 0 Å². The van der Waals surface area contributed by atoms with Gasteiger partial charge in [0, 0.05) is 5.69 Å². The van der Waals surface area contributed by atoms with Crippen LogP contribution in [0, 0.1) is 6.92 Å². The summed E-state index contributed by atoms with van der Waals surface area (Å²) in [5, 5.41) is 17.8. The monoisotopic (exact) mass is 390 g/mol. The summed E-state index contributed by atoms with van der Waals surface area (Å²) in [7, 11) is 0. The van der Waals surface area contributed by atoms with Crippen molar-refractivity contribution in [3.63, 3.8) is 0 Å². The molecular formula is C22H26N6O. The minimum Gasteiger partial charge on any atom is -0.376 e. The average molecular weight is 390 g/mol. The van der Waals surface area contributed by atoms with E-state index in [2.05, 4.69) is 44.4 Å². The highest BCUT2D eigenvalue weighted by molar-refractivity contribution is 5.81. The lowest BCUT2D eigenvalue weighted by Crippen LogP contribution is -2.32. The first-order valence-corrected chi connectivity index (χ1v) is 10.1. The Balaban J connectivity index is 1.35. The van der Waals surface area contributed by atoms with Crippen LogP contribution in [0.4, 0.5) is 5.69 Å². The molecule has 7 heteroatoms. The van der Waals surface area contributed by atoms with E-state index in [1.54, 1.807) is 4.68 Å². The van der Waals surface area contributed by atoms with E-state index in [0.717, 1.165) is 23.4 Å². The van der Waals surface area contributed by atoms with Gasteiger partial charge in [0.25, 0.3) is 0 Å². The van der Waals surface area contributed by atoms with Gasteiger partial charge < -0.3 is 10.6 Å². The molecule has 29 heavy (non-hydrogen) atoms. The van der Waals surface area contributed by atoms with Crippen LogP contribution in [0.15, 0.2) is 42.5 Å². The maximum Gasteiger partial charge on any atom is 0.239 e. The van der Waals surface area contributed by atoms with Crippen LogP contribution in [0.2, 0.25) is 0 Å². The van der Waals surface area contributed by atoms with Crippen LogP contribution in [0.1, 0.15) is 48.3 Å². The molecule has 3 aromatic rings. The first-order valence-electron chi connectivity index (χ1n) is 10.1. The lowest BCUT2D eigenvalue weighted by molar-refractivity contribution is -0.120. The SMILES string of the molecule is Cc1nnnn1-c1cccc(NCC(=O)NC(C)c2ccc3c(c2)CCCC3)c1. The summed E-state index contributed by atoms with van der Waals surface area (Å²) < 4.78 is 1.66. The van der Waals surface area contributed by atoms with Gasteiger partial charge >= 0.3 is 0 Å². The van der Waals surface area contributed by atoms with Gasteiger partial charge in [-0.25, -0.2) is 0 Å². The number of aromatic nitrogens is 4. The second-order valence-corrected chi connectivity index (χ2v) is 7.57. The van der Waals surface area contributed by atoms with Gasteiger partial charge in [-0.2, -0.15) is 4.68 Å². The average Bonchev–Trinajstić information content (AvgIpc) is 3.18. The van der Waals surface area contributed by atoms with E-state index in [9.17, 15) is 4.79 Å². The van der Waals surface area contributed by atoms with Gasteiger partial charge in [-0.1, -0.05) is 24.3 Å². The van der Waals surface area contributed by atoms with E-state index >= 15 is 0 Å². The Morgan fingerprint density at radius 3 is 2.76 bits per heavy atom. The fourth-order valence-corrected chi connectivity index (χ4v) is 3.80. The largest absolute Gasteiger partial charge is 0.376 e. The maximum atomic E-state index is 12.4. The number of aryl methyl sites for hydroxylation is 3. The van der Waals surface area contributed by atoms with Crippen molar-refractivity contribution in [2.45, 2.75) is 45.6 Å². The van der Waals surface area contributed by atoms with Crippen molar-refractivity contribution in [2.24, 2.45) is 0 Å². The second-order valence-electron chi connectivity index (χ2n) is 7.57. The Bertz CT molecular complexity index is 1010. The smallest absolute Gasteiger partial charge is 0.239 e. The van der Waals surface area contributed by atoms with Crippen molar-refractivity contribution in [2.75, 3.05) is 11.9 Å². The molecule has 2 aromatic carbocycles. The second kappa shape index (κ2) is 8.43. The summed E-state index contributed by atoms with van der Waals surface area (Å²) in [6.45, 7) is 4.08. The zero-order chi connectivity index (χ0) is 20.2. The number of carbonyl (C=O) groups excluding carboxylic acids is 1. The molecule has 0 fully saturated rings. The van der Waals surface area contributed by atoms with E-state index < -0.39 is 0 Å². The number of hydrogen-bond donors (Lipinski definition) is 2. The number of benzene rings is 2. The quantitative estimate of drug-likeness (QED) is 0.675. The molecule has 0 radical (unpaired) electrons. The van der Waals surface area contributed by atoms with E-state index in [4.69, 9.17) is 0 Å². The minimum absolute atomic E-state index is 0.0215. The van der Waals surface area contributed by atoms with E-state index in [1.807, 2.05) is 38.1 Å². The fourth-order valence-electron chi connectivity index (χ4n) is 3.80. The van der Waals surface area contributed by atoms with E-state index in [-0.39, 0.29) is 18.5 Å². The summed E-state index contributed by atoms with van der Waals surface area (Å²) >= 11 is 0. The van der Waals surface area contributed by atoms with Crippen molar-refractivity contribution in [3.8, 4) is 5.69 Å². The molecule has 7 nitrogen and oxygen atoms in total. The molecule has 1 heterocycles. The first-order chi connectivity index (χ1) is 14.1. The fraction of sp³-hybridized carbons (Fsp3) is 0.364. The molecule has 150 valence electrons. The van der Waals surface area contributed by atoms with Gasteiger partial charge in [0.1, 0.15) is 0 Å². The van der Waals surface area contributed by atoms with Gasteiger partial charge in [0.05, 0.1) is 18.3 Å². The lowest BCUT2D eigenvalue weighted by Gasteiger charge is -2.20. The van der Waals surface area contributed by atoms with Crippen LogP contribution in [0.25, 0.3) is 5.69 Å². The number of hydrogen-bond acceptors (Lipinski definition) is 5. The van der Waals surface area contributed by atoms with Gasteiger partial charge in [-0.05, 0) is 84.8 Å². The number of fused-ring (bicyclic) bond motifs is 1. The summed E-state index contributed by atoms with van der Waals surface area (Å²) in [5.41, 5.74) is 5.74. The molecule has 0 spiro atoms. The van der Waals surface area contributed by atoms with Crippen LogP contribution in [0.5, 0.6) is 0 Å². The highest BCUT2D eigenvalue weighted by Crippen LogP contribution is 2.24. The van der Waals surface area contributed by atoms with E-state index in [0.29, 0.717) is 5.82 Å². The minimum atomic E-state index is -0.0424. The topological polar surface area (TPSA) is 84.7 Å². The summed E-state index contributed by atoms with van der Waals surface area (Å²) in [5.74, 6) is 0.665. The maximum absolute atomic E-state index is 12.4. The Morgan fingerprint density at radius 1 is 1.14 bits per heavy atom. The zero-order valence-corrected chi connectivity index (χ0v) is 16.9. The summed E-state index contributed by atoms with van der Waals surface area (Å²) in [6.07, 6.45) is 4.84. The predicted octanol–water partition coefficient (Wildman–Crippen LogP) is 3.14. The Morgan fingerprint density at radius 2 is 1.97 bits per heavy atom. The third-order valence-corrected chi connectivity index (χ3v) is 5.42. The van der Waals surface area contributed by atoms with Crippen molar-refractivity contribution < 1.29 is 4.79 Å². The van der Waals surface area contributed by atoms with E-state index in [1.165, 1.54) is 30.4 Å².